The fourth-order valence-electron chi connectivity index (χ4n) is 3.27. The molecule has 0 aliphatic carbocycles. The Morgan fingerprint density at radius 2 is 2.23 bits per heavy atom. The summed E-state index contributed by atoms with van der Waals surface area (Å²) in [4.78, 5) is 13.9. The quantitative estimate of drug-likeness (QED) is 0.662. The van der Waals surface area contributed by atoms with Crippen molar-refractivity contribution in [1.82, 2.24) is 4.90 Å². The van der Waals surface area contributed by atoms with Gasteiger partial charge in [0, 0.05) is 46.4 Å². The molecule has 1 saturated heterocycles. The van der Waals surface area contributed by atoms with Crippen LogP contribution in [-0.4, -0.2) is 50.2 Å². The molecule has 1 fully saturated rings. The van der Waals surface area contributed by atoms with E-state index in [1.54, 1.807) is 0 Å². The molecule has 1 aromatic rings. The standard InChI is InChI=1S/C24H38N2O4/c1-14(2)9-17-13-26-8-7-16-10-21(28-5)22(29-6)11-18(16)19(26)12-20(17)30-24(27)23(25)15(3)4/h10-11,14-15,17,19-20,23H,7-9,12-13,25H2,1-6H3/t17?,19?,20?,23-/m0/s1/i1D3,5D3,9D2,10D,11D,12D2,13D2,14D,17D/t14?,17?,19?,20?,23-. The largest absolute Gasteiger partial charge is 0.493 e. The number of carbonyl (C=O) groups excluding carboxylic acids is 1. The van der Waals surface area contributed by atoms with Crippen LogP contribution in [0, 0.1) is 17.7 Å². The number of rotatable bonds is 7. The van der Waals surface area contributed by atoms with E-state index in [-0.39, 0.29) is 12.0 Å². The van der Waals surface area contributed by atoms with Crippen molar-refractivity contribution >= 4 is 5.97 Å². The third-order valence-corrected chi connectivity index (χ3v) is 4.92. The van der Waals surface area contributed by atoms with Crippen LogP contribution in [0.1, 0.15) is 79.5 Å². The maximum Gasteiger partial charge on any atom is 0.323 e. The van der Waals surface area contributed by atoms with Crippen molar-refractivity contribution in [1.29, 1.82) is 0 Å². The van der Waals surface area contributed by atoms with E-state index in [2.05, 4.69) is 0 Å². The number of hydrogen-bond acceptors (Lipinski definition) is 6. The Hall–Kier alpha value is -1.79. The maximum atomic E-state index is 13.2. The summed E-state index contributed by atoms with van der Waals surface area (Å²) in [6, 6.07) is -4.79. The summed E-state index contributed by atoms with van der Waals surface area (Å²) in [5, 5.41) is 0. The summed E-state index contributed by atoms with van der Waals surface area (Å²) in [7, 11) is -2.05. The van der Waals surface area contributed by atoms with Gasteiger partial charge in [0.05, 0.1) is 21.0 Å². The Labute approximate surface area is 203 Å². The minimum absolute atomic E-state index is 0.136. The summed E-state index contributed by atoms with van der Waals surface area (Å²) in [6.07, 6.45) is -10.2. The van der Waals surface area contributed by atoms with Crippen molar-refractivity contribution in [3.05, 3.63) is 23.2 Å². The third-order valence-electron chi connectivity index (χ3n) is 4.92. The fraction of sp³-hybridized carbons (Fsp3) is 0.708. The van der Waals surface area contributed by atoms with Crippen molar-refractivity contribution in [3.63, 3.8) is 0 Å². The zero-order chi connectivity index (χ0) is 36.0. The van der Waals surface area contributed by atoms with Crippen LogP contribution in [0.5, 0.6) is 11.5 Å². The lowest BCUT2D eigenvalue weighted by atomic mass is 9.79. The van der Waals surface area contributed by atoms with Crippen molar-refractivity contribution in [2.75, 3.05) is 27.2 Å². The van der Waals surface area contributed by atoms with Gasteiger partial charge in [-0.3, -0.25) is 9.69 Å². The Balaban J connectivity index is 2.46. The number of hydrogen-bond donors (Lipinski definition) is 1. The number of ether oxygens (including phenoxy) is 3. The van der Waals surface area contributed by atoms with E-state index >= 15 is 0 Å². The molecule has 2 N–H and O–H groups in total. The molecule has 3 rings (SSSR count). The van der Waals surface area contributed by atoms with E-state index in [0.29, 0.717) is 11.8 Å². The van der Waals surface area contributed by atoms with Gasteiger partial charge in [-0.2, -0.15) is 0 Å². The molecule has 2 heterocycles. The average molecular weight is 435 g/mol. The van der Waals surface area contributed by atoms with E-state index in [4.69, 9.17) is 35.0 Å². The molecule has 6 heteroatoms. The first-order valence-corrected chi connectivity index (χ1v) is 9.58. The minimum atomic E-state index is -3.78. The van der Waals surface area contributed by atoms with Crippen LogP contribution in [0.15, 0.2) is 12.1 Å². The predicted molar refractivity (Wildman–Crippen MR) is 118 cm³/mol. The van der Waals surface area contributed by atoms with Crippen LogP contribution in [-0.2, 0) is 16.0 Å². The van der Waals surface area contributed by atoms with Gasteiger partial charge in [-0.05, 0) is 47.8 Å². The highest BCUT2D eigenvalue weighted by Crippen LogP contribution is 2.44. The summed E-state index contributed by atoms with van der Waals surface area (Å²) in [5.74, 6) is -10.2. The molecule has 0 spiro atoms. The zero-order valence-corrected chi connectivity index (χ0v) is 17.4. The number of carbonyl (C=O) groups is 1. The first-order valence-electron chi connectivity index (χ1n) is 17.6. The molecule has 0 radical (unpaired) electrons. The van der Waals surface area contributed by atoms with Gasteiger partial charge in [0.15, 0.2) is 11.5 Å². The van der Waals surface area contributed by atoms with Crippen molar-refractivity contribution in [3.8, 4) is 11.5 Å². The summed E-state index contributed by atoms with van der Waals surface area (Å²) in [5.41, 5.74) is 5.39. The van der Waals surface area contributed by atoms with E-state index in [1.165, 1.54) is 13.8 Å². The normalized spacial score (nSPS) is 41.8. The molecule has 168 valence electrons. The second kappa shape index (κ2) is 9.56. The van der Waals surface area contributed by atoms with Gasteiger partial charge in [0.2, 0.25) is 0 Å². The van der Waals surface area contributed by atoms with E-state index in [9.17, 15) is 11.6 Å². The maximum absolute atomic E-state index is 13.2. The van der Waals surface area contributed by atoms with Crippen molar-refractivity contribution < 1.29 is 40.9 Å². The van der Waals surface area contributed by atoms with Gasteiger partial charge in [-0.15, -0.1) is 0 Å². The van der Waals surface area contributed by atoms with Gasteiger partial charge < -0.3 is 19.9 Å². The molecule has 0 saturated carbocycles. The molecule has 0 bridgehead atoms. The molecule has 0 aromatic heterocycles. The van der Waals surface area contributed by atoms with Crippen LogP contribution in [0.4, 0.5) is 0 Å². The first-order chi connectivity index (χ1) is 20.5. The number of piperidine rings is 1. The SMILES string of the molecule is [2H]c1c2c(c([2H])c(OC)c1OC([2H])([2H])[2H])C1N(CC2)C([2H])([2H])C([2H])(C([2H])([2H])C([2H])(C)C([2H])([2H])[2H])C(OC(=O)[C@@H](N)C(C)C)C1([2H])[2H]. The second-order valence-electron chi connectivity index (χ2n) is 7.48. The number of benzene rings is 1. The zero-order valence-electron chi connectivity index (χ0n) is 33.4. The van der Waals surface area contributed by atoms with Gasteiger partial charge in [0.25, 0.3) is 0 Å². The van der Waals surface area contributed by atoms with Crippen molar-refractivity contribution in [2.45, 2.75) is 65.0 Å². The molecule has 0 amide bonds. The molecule has 2 aliphatic rings. The smallest absolute Gasteiger partial charge is 0.323 e. The van der Waals surface area contributed by atoms with Gasteiger partial charge in [0.1, 0.15) is 12.1 Å². The Morgan fingerprint density at radius 3 is 2.90 bits per heavy atom. The Morgan fingerprint density at radius 1 is 1.47 bits per heavy atom. The molecule has 4 unspecified atom stereocenters. The monoisotopic (exact) mass is 434 g/mol. The van der Waals surface area contributed by atoms with Crippen LogP contribution in [0.3, 0.4) is 0 Å². The number of esters is 1. The van der Waals surface area contributed by atoms with Crippen LogP contribution < -0.4 is 15.2 Å². The lowest BCUT2D eigenvalue weighted by molar-refractivity contribution is -0.160. The molecular formula is C24H38N2O4. The average Bonchev–Trinajstić information content (AvgIpc) is 2.90. The third kappa shape index (κ3) is 4.75. The highest BCUT2D eigenvalue weighted by Gasteiger charge is 2.41. The number of nitrogens with zero attached hydrogens (tertiary/aromatic N) is 1. The van der Waals surface area contributed by atoms with Crippen molar-refractivity contribution in [2.24, 2.45) is 23.4 Å². The lowest BCUT2D eigenvalue weighted by Gasteiger charge is -2.47. The van der Waals surface area contributed by atoms with Gasteiger partial charge in [-0.1, -0.05) is 27.6 Å². The van der Waals surface area contributed by atoms with Crippen LogP contribution >= 0.6 is 0 Å². The van der Waals surface area contributed by atoms with Gasteiger partial charge >= 0.3 is 5.97 Å². The number of methoxy groups -OCH3 is 2. The lowest BCUT2D eigenvalue weighted by Crippen LogP contribution is -2.51. The molecular weight excluding hydrogens is 380 g/mol. The van der Waals surface area contributed by atoms with E-state index < -0.39 is 111 Å². The number of fused-ring (bicyclic) bond motifs is 3. The summed E-state index contributed by atoms with van der Waals surface area (Å²) >= 11 is 0. The fourth-order valence-corrected chi connectivity index (χ4v) is 3.27. The predicted octanol–water partition coefficient (Wildman–Crippen LogP) is 3.56. The Bertz CT molecular complexity index is 1360. The topological polar surface area (TPSA) is 74.0 Å². The molecule has 30 heavy (non-hydrogen) atoms. The highest BCUT2D eigenvalue weighted by atomic mass is 16.5. The minimum Gasteiger partial charge on any atom is -0.493 e. The van der Waals surface area contributed by atoms with E-state index in [1.807, 2.05) is 0 Å². The van der Waals surface area contributed by atoms with Crippen LogP contribution in [0.2, 0.25) is 0 Å². The highest BCUT2D eigenvalue weighted by molar-refractivity contribution is 5.76. The van der Waals surface area contributed by atoms with E-state index in [0.717, 1.165) is 7.11 Å². The summed E-state index contributed by atoms with van der Waals surface area (Å²) < 4.78 is 152. The van der Waals surface area contributed by atoms with Crippen LogP contribution in [0.25, 0.3) is 0 Å². The molecule has 1 aromatic carbocycles. The number of nitrogens with two attached hydrogens (primary N) is 1. The van der Waals surface area contributed by atoms with Gasteiger partial charge in [-0.25, -0.2) is 0 Å². The molecule has 5 atom stereocenters. The summed E-state index contributed by atoms with van der Waals surface area (Å²) in [6.45, 7) is -3.83. The Kier molecular flexibility index (Phi) is 3.12. The molecule has 6 nitrogen and oxygen atoms in total. The second-order valence-corrected chi connectivity index (χ2v) is 7.48. The first kappa shape index (κ1) is 9.78. The molecule has 2 aliphatic heterocycles.